The molecular formula is C18H27N5O. The van der Waals surface area contributed by atoms with Crippen LogP contribution in [-0.2, 0) is 7.05 Å². The van der Waals surface area contributed by atoms with Gasteiger partial charge in [0.15, 0.2) is 0 Å². The third kappa shape index (κ3) is 4.89. The van der Waals surface area contributed by atoms with E-state index in [0.717, 1.165) is 24.2 Å². The van der Waals surface area contributed by atoms with Gasteiger partial charge in [0.25, 0.3) is 5.91 Å². The molecule has 0 saturated carbocycles. The third-order valence-electron chi connectivity index (χ3n) is 3.75. The molecule has 2 heterocycles. The summed E-state index contributed by atoms with van der Waals surface area (Å²) in [5, 5.41) is 7.58. The lowest BCUT2D eigenvalue weighted by Crippen LogP contribution is -2.43. The van der Waals surface area contributed by atoms with Gasteiger partial charge in [-0.25, -0.2) is 0 Å². The molecule has 0 aliphatic carbocycles. The van der Waals surface area contributed by atoms with Gasteiger partial charge in [-0.05, 0) is 44.6 Å². The minimum absolute atomic E-state index is 0.0901. The van der Waals surface area contributed by atoms with Crippen LogP contribution in [-0.4, -0.2) is 52.3 Å². The second-order valence-electron chi connectivity index (χ2n) is 6.84. The highest BCUT2D eigenvalue weighted by Crippen LogP contribution is 2.17. The van der Waals surface area contributed by atoms with E-state index in [1.807, 2.05) is 32.3 Å². The van der Waals surface area contributed by atoms with E-state index in [2.05, 4.69) is 34.1 Å². The molecule has 130 valence electrons. The molecule has 6 heteroatoms. The van der Waals surface area contributed by atoms with Gasteiger partial charge < -0.3 is 10.2 Å². The van der Waals surface area contributed by atoms with Crippen molar-refractivity contribution in [2.75, 3.05) is 20.6 Å². The van der Waals surface area contributed by atoms with Gasteiger partial charge in [-0.1, -0.05) is 13.8 Å². The maximum Gasteiger partial charge on any atom is 0.269 e. The topological polar surface area (TPSA) is 63.1 Å². The summed E-state index contributed by atoms with van der Waals surface area (Å²) in [7, 11) is 5.83. The Morgan fingerprint density at radius 2 is 2.12 bits per heavy atom. The van der Waals surface area contributed by atoms with Crippen molar-refractivity contribution in [2.24, 2.45) is 13.0 Å². The number of aromatic nitrogens is 3. The Bertz CT molecular complexity index is 653. The number of nitrogens with zero attached hydrogens (tertiary/aromatic N) is 4. The van der Waals surface area contributed by atoms with E-state index in [0.29, 0.717) is 11.6 Å². The van der Waals surface area contributed by atoms with Crippen LogP contribution >= 0.6 is 0 Å². The van der Waals surface area contributed by atoms with Crippen molar-refractivity contribution < 1.29 is 4.79 Å². The standard InChI is InChI=1S/C18H27N5O/c1-13(2)9-15(12-22(3)4)20-18(24)17-10-16(21-23(17)5)14-7-6-8-19-11-14/h6-8,10-11,13,15H,9,12H2,1-5H3,(H,20,24)/t15-/m0/s1. The average molecular weight is 329 g/mol. The van der Waals surface area contributed by atoms with E-state index >= 15 is 0 Å². The van der Waals surface area contributed by atoms with Crippen LogP contribution in [0, 0.1) is 5.92 Å². The van der Waals surface area contributed by atoms with Gasteiger partial charge in [0, 0.05) is 37.6 Å². The number of likely N-dealkylation sites (N-methyl/N-ethyl adjacent to an activating group) is 1. The first-order chi connectivity index (χ1) is 11.4. The van der Waals surface area contributed by atoms with E-state index in [4.69, 9.17) is 0 Å². The first-order valence-corrected chi connectivity index (χ1v) is 8.27. The van der Waals surface area contributed by atoms with Crippen molar-refractivity contribution in [1.82, 2.24) is 25.0 Å². The fraction of sp³-hybridized carbons (Fsp3) is 0.500. The SMILES string of the molecule is CC(C)C[C@@H](CN(C)C)NC(=O)c1cc(-c2cccnc2)nn1C. The van der Waals surface area contributed by atoms with E-state index in [1.54, 1.807) is 24.1 Å². The van der Waals surface area contributed by atoms with Crippen LogP contribution < -0.4 is 5.32 Å². The second-order valence-corrected chi connectivity index (χ2v) is 6.84. The normalized spacial score (nSPS) is 12.6. The highest BCUT2D eigenvalue weighted by atomic mass is 16.2. The Labute approximate surface area is 143 Å². The molecule has 6 nitrogen and oxygen atoms in total. The molecular weight excluding hydrogens is 302 g/mol. The first kappa shape index (κ1) is 18.1. The van der Waals surface area contributed by atoms with E-state index in [-0.39, 0.29) is 11.9 Å². The molecule has 0 bridgehead atoms. The number of pyridine rings is 1. The van der Waals surface area contributed by atoms with Crippen molar-refractivity contribution >= 4 is 5.91 Å². The predicted molar refractivity (Wildman–Crippen MR) is 95.7 cm³/mol. The van der Waals surface area contributed by atoms with Gasteiger partial charge in [0.2, 0.25) is 0 Å². The minimum atomic E-state index is -0.0901. The maximum absolute atomic E-state index is 12.7. The summed E-state index contributed by atoms with van der Waals surface area (Å²) in [5.41, 5.74) is 2.21. The van der Waals surface area contributed by atoms with Crippen molar-refractivity contribution in [3.8, 4) is 11.3 Å². The largest absolute Gasteiger partial charge is 0.347 e. The van der Waals surface area contributed by atoms with Gasteiger partial charge in [-0.3, -0.25) is 14.5 Å². The van der Waals surface area contributed by atoms with Crippen molar-refractivity contribution in [3.63, 3.8) is 0 Å². The average Bonchev–Trinajstić information content (AvgIpc) is 2.89. The van der Waals surface area contributed by atoms with Crippen LogP contribution in [0.2, 0.25) is 0 Å². The lowest BCUT2D eigenvalue weighted by atomic mass is 10.0. The zero-order valence-corrected chi connectivity index (χ0v) is 15.2. The fourth-order valence-corrected chi connectivity index (χ4v) is 2.78. The van der Waals surface area contributed by atoms with E-state index in [9.17, 15) is 4.79 Å². The number of carbonyl (C=O) groups excluding carboxylic acids is 1. The first-order valence-electron chi connectivity index (χ1n) is 8.27. The van der Waals surface area contributed by atoms with Gasteiger partial charge in [0.1, 0.15) is 5.69 Å². The zero-order valence-electron chi connectivity index (χ0n) is 15.2. The Morgan fingerprint density at radius 3 is 2.71 bits per heavy atom. The number of carbonyl (C=O) groups is 1. The van der Waals surface area contributed by atoms with Crippen molar-refractivity contribution in [3.05, 3.63) is 36.3 Å². The van der Waals surface area contributed by atoms with E-state index < -0.39 is 0 Å². The van der Waals surface area contributed by atoms with Gasteiger partial charge in [0.05, 0.1) is 5.69 Å². The zero-order chi connectivity index (χ0) is 17.7. The van der Waals surface area contributed by atoms with Crippen LogP contribution in [0.25, 0.3) is 11.3 Å². The molecule has 0 aliphatic heterocycles. The molecule has 1 atom stereocenters. The molecule has 2 rings (SSSR count). The summed E-state index contributed by atoms with van der Waals surface area (Å²) in [6, 6.07) is 5.72. The highest BCUT2D eigenvalue weighted by Gasteiger charge is 2.19. The lowest BCUT2D eigenvalue weighted by molar-refractivity contribution is 0.0915. The molecule has 0 fully saturated rings. The van der Waals surface area contributed by atoms with Crippen LogP contribution in [0.3, 0.4) is 0 Å². The van der Waals surface area contributed by atoms with Gasteiger partial charge >= 0.3 is 0 Å². The second kappa shape index (κ2) is 8.06. The van der Waals surface area contributed by atoms with Crippen LogP contribution in [0.4, 0.5) is 0 Å². The Kier molecular flexibility index (Phi) is 6.09. The third-order valence-corrected chi connectivity index (χ3v) is 3.75. The summed E-state index contributed by atoms with van der Waals surface area (Å²) >= 11 is 0. The molecule has 1 amide bonds. The predicted octanol–water partition coefficient (Wildman–Crippen LogP) is 2.19. The molecule has 0 aliphatic rings. The summed E-state index contributed by atoms with van der Waals surface area (Å²) in [4.78, 5) is 18.9. The number of rotatable bonds is 7. The van der Waals surface area contributed by atoms with E-state index in [1.165, 1.54) is 0 Å². The summed E-state index contributed by atoms with van der Waals surface area (Å²) in [6.45, 7) is 5.15. The molecule has 0 unspecified atom stereocenters. The molecule has 1 N–H and O–H groups in total. The summed E-state index contributed by atoms with van der Waals surface area (Å²) in [5.74, 6) is 0.431. The number of nitrogens with one attached hydrogen (secondary N) is 1. The Hall–Kier alpha value is -2.21. The van der Waals surface area contributed by atoms with Crippen molar-refractivity contribution in [2.45, 2.75) is 26.3 Å². The van der Waals surface area contributed by atoms with Gasteiger partial charge in [-0.2, -0.15) is 5.10 Å². The Morgan fingerprint density at radius 1 is 1.38 bits per heavy atom. The smallest absolute Gasteiger partial charge is 0.269 e. The van der Waals surface area contributed by atoms with Crippen LogP contribution in [0.5, 0.6) is 0 Å². The highest BCUT2D eigenvalue weighted by molar-refractivity contribution is 5.93. The van der Waals surface area contributed by atoms with Crippen molar-refractivity contribution in [1.29, 1.82) is 0 Å². The monoisotopic (exact) mass is 329 g/mol. The molecule has 0 spiro atoms. The minimum Gasteiger partial charge on any atom is -0.347 e. The molecule has 24 heavy (non-hydrogen) atoms. The Balaban J connectivity index is 2.15. The van der Waals surface area contributed by atoms with Crippen LogP contribution in [0.1, 0.15) is 30.8 Å². The molecule has 2 aromatic rings. The lowest BCUT2D eigenvalue weighted by Gasteiger charge is -2.23. The number of amides is 1. The number of aryl methyl sites for hydroxylation is 1. The quantitative estimate of drug-likeness (QED) is 0.846. The molecule has 0 saturated heterocycles. The molecule has 2 aromatic heterocycles. The maximum atomic E-state index is 12.7. The molecule has 0 radical (unpaired) electrons. The fourth-order valence-electron chi connectivity index (χ4n) is 2.78. The summed E-state index contributed by atoms with van der Waals surface area (Å²) in [6.07, 6.45) is 4.41. The van der Waals surface area contributed by atoms with Gasteiger partial charge in [-0.15, -0.1) is 0 Å². The summed E-state index contributed by atoms with van der Waals surface area (Å²) < 4.78 is 1.62. The molecule has 0 aromatic carbocycles. The number of hydrogen-bond donors (Lipinski definition) is 1. The number of hydrogen-bond acceptors (Lipinski definition) is 4. The van der Waals surface area contributed by atoms with Crippen LogP contribution in [0.15, 0.2) is 30.6 Å².